The molecular weight excluding hydrogens is 200 g/mol. The zero-order valence-corrected chi connectivity index (χ0v) is 10.5. The number of rotatable bonds is 3. The van der Waals surface area contributed by atoms with Crippen LogP contribution < -0.4 is 9.47 Å². The molecule has 0 amide bonds. The number of fused-ring (bicyclic) bond motifs is 1. The van der Waals surface area contributed by atoms with Gasteiger partial charge in [-0.25, -0.2) is 0 Å². The van der Waals surface area contributed by atoms with Gasteiger partial charge in [0.25, 0.3) is 0 Å². The highest BCUT2D eigenvalue weighted by atomic mass is 16.7. The van der Waals surface area contributed by atoms with Gasteiger partial charge in [-0.1, -0.05) is 19.9 Å². The van der Waals surface area contributed by atoms with Crippen molar-refractivity contribution in [3.8, 4) is 11.5 Å². The highest BCUT2D eigenvalue weighted by Gasteiger charge is 2.31. The minimum Gasteiger partial charge on any atom is -0.449 e. The topological polar surface area (TPSA) is 18.5 Å². The van der Waals surface area contributed by atoms with Crippen LogP contribution in [0.5, 0.6) is 11.5 Å². The molecule has 2 nitrogen and oxygen atoms in total. The first-order chi connectivity index (χ1) is 7.55. The molecule has 0 atom stereocenters. The Balaban J connectivity index is 2.28. The van der Waals surface area contributed by atoms with E-state index < -0.39 is 5.79 Å². The molecule has 1 aliphatic heterocycles. The fourth-order valence-corrected chi connectivity index (χ4v) is 2.25. The lowest BCUT2D eigenvalue weighted by atomic mass is 9.94. The fourth-order valence-electron chi connectivity index (χ4n) is 2.25. The number of hydrogen-bond donors (Lipinski definition) is 0. The van der Waals surface area contributed by atoms with Crippen LogP contribution in [0.2, 0.25) is 0 Å². The van der Waals surface area contributed by atoms with Crippen LogP contribution in [0.3, 0.4) is 0 Å². The maximum absolute atomic E-state index is 5.75. The summed E-state index contributed by atoms with van der Waals surface area (Å²) in [5, 5.41) is 0. The molecule has 1 aliphatic rings. The van der Waals surface area contributed by atoms with Crippen molar-refractivity contribution in [3.63, 3.8) is 0 Å². The monoisotopic (exact) mass is 220 g/mol. The molecule has 2 heteroatoms. The third kappa shape index (κ3) is 2.01. The average molecular weight is 220 g/mol. The molecule has 1 heterocycles. The Labute approximate surface area is 97.6 Å². The lowest BCUT2D eigenvalue weighted by molar-refractivity contribution is -0.0431. The normalized spacial score (nSPS) is 16.8. The molecule has 0 aromatic heterocycles. The zero-order chi connectivity index (χ0) is 11.8. The Morgan fingerprint density at radius 1 is 1.06 bits per heavy atom. The smallest absolute Gasteiger partial charge is 0.246 e. The summed E-state index contributed by atoms with van der Waals surface area (Å²) >= 11 is 0. The van der Waals surface area contributed by atoms with Crippen LogP contribution in [0.1, 0.15) is 52.0 Å². The van der Waals surface area contributed by atoms with Crippen LogP contribution in [0, 0.1) is 0 Å². The van der Waals surface area contributed by atoms with E-state index in [9.17, 15) is 0 Å². The summed E-state index contributed by atoms with van der Waals surface area (Å²) in [5.74, 6) is 1.85. The first-order valence-corrected chi connectivity index (χ1v) is 6.07. The minimum atomic E-state index is -0.519. The summed E-state index contributed by atoms with van der Waals surface area (Å²) in [7, 11) is 0. The van der Waals surface area contributed by atoms with E-state index in [2.05, 4.69) is 26.0 Å². The molecule has 0 N–H and O–H groups in total. The predicted octanol–water partition coefficient (Wildman–Crippen LogP) is 4.10. The second kappa shape index (κ2) is 4.00. The summed E-state index contributed by atoms with van der Waals surface area (Å²) in [6, 6.07) is 6.31. The number of ether oxygens (including phenoxy) is 2. The van der Waals surface area contributed by atoms with Crippen molar-refractivity contribution in [1.29, 1.82) is 0 Å². The summed E-state index contributed by atoms with van der Waals surface area (Å²) < 4.78 is 11.4. The molecule has 0 aliphatic carbocycles. The Morgan fingerprint density at radius 3 is 2.31 bits per heavy atom. The van der Waals surface area contributed by atoms with Crippen molar-refractivity contribution < 1.29 is 9.47 Å². The fraction of sp³-hybridized carbons (Fsp3) is 0.571. The van der Waals surface area contributed by atoms with Gasteiger partial charge in [0.15, 0.2) is 11.5 Å². The van der Waals surface area contributed by atoms with Crippen LogP contribution in [0.15, 0.2) is 18.2 Å². The zero-order valence-electron chi connectivity index (χ0n) is 10.5. The molecule has 1 aromatic carbocycles. The van der Waals surface area contributed by atoms with Crippen molar-refractivity contribution >= 4 is 0 Å². The molecule has 0 saturated heterocycles. The average Bonchev–Trinajstić information content (AvgIpc) is 2.53. The summed E-state index contributed by atoms with van der Waals surface area (Å²) in [5.41, 5.74) is 1.35. The van der Waals surface area contributed by atoms with E-state index in [4.69, 9.17) is 9.47 Å². The predicted molar refractivity (Wildman–Crippen MR) is 65.1 cm³/mol. The van der Waals surface area contributed by atoms with E-state index in [1.807, 2.05) is 19.9 Å². The van der Waals surface area contributed by atoms with E-state index in [1.165, 1.54) is 18.4 Å². The van der Waals surface area contributed by atoms with E-state index in [0.29, 0.717) is 5.92 Å². The lowest BCUT2D eigenvalue weighted by Crippen LogP contribution is -2.29. The van der Waals surface area contributed by atoms with Gasteiger partial charge in [-0.05, 0) is 36.5 Å². The quantitative estimate of drug-likeness (QED) is 0.763. The second-order valence-corrected chi connectivity index (χ2v) is 4.82. The van der Waals surface area contributed by atoms with Gasteiger partial charge in [0.05, 0.1) is 0 Å². The molecule has 0 unspecified atom stereocenters. The third-order valence-electron chi connectivity index (χ3n) is 3.14. The van der Waals surface area contributed by atoms with E-state index in [-0.39, 0.29) is 0 Å². The molecule has 0 bridgehead atoms. The SMILES string of the molecule is CCC(CC)c1ccc2c(c1)OC(C)(C)O2. The van der Waals surface area contributed by atoms with Crippen LogP contribution in [-0.2, 0) is 0 Å². The van der Waals surface area contributed by atoms with Gasteiger partial charge in [0, 0.05) is 13.8 Å². The van der Waals surface area contributed by atoms with Crippen molar-refractivity contribution in [2.24, 2.45) is 0 Å². The molecular formula is C14H20O2. The van der Waals surface area contributed by atoms with Crippen LogP contribution in [0.4, 0.5) is 0 Å². The lowest BCUT2D eigenvalue weighted by Gasteiger charge is -2.16. The van der Waals surface area contributed by atoms with E-state index >= 15 is 0 Å². The summed E-state index contributed by atoms with van der Waals surface area (Å²) in [6.07, 6.45) is 2.33. The maximum Gasteiger partial charge on any atom is 0.246 e. The molecule has 2 rings (SSSR count). The number of benzene rings is 1. The highest BCUT2D eigenvalue weighted by Crippen LogP contribution is 2.41. The largest absolute Gasteiger partial charge is 0.449 e. The Kier molecular flexibility index (Phi) is 2.83. The van der Waals surface area contributed by atoms with Gasteiger partial charge < -0.3 is 9.47 Å². The second-order valence-electron chi connectivity index (χ2n) is 4.82. The molecule has 1 aromatic rings. The highest BCUT2D eigenvalue weighted by molar-refractivity contribution is 5.46. The first-order valence-electron chi connectivity index (χ1n) is 6.07. The van der Waals surface area contributed by atoms with Crippen molar-refractivity contribution in [3.05, 3.63) is 23.8 Å². The van der Waals surface area contributed by atoms with Gasteiger partial charge in [0.1, 0.15) is 0 Å². The van der Waals surface area contributed by atoms with Gasteiger partial charge in [-0.15, -0.1) is 0 Å². The van der Waals surface area contributed by atoms with E-state index in [1.54, 1.807) is 0 Å². The van der Waals surface area contributed by atoms with Crippen molar-refractivity contribution in [1.82, 2.24) is 0 Å². The summed E-state index contributed by atoms with van der Waals surface area (Å²) in [4.78, 5) is 0. The molecule has 0 saturated carbocycles. The maximum atomic E-state index is 5.75. The van der Waals surface area contributed by atoms with Crippen LogP contribution in [-0.4, -0.2) is 5.79 Å². The van der Waals surface area contributed by atoms with Crippen LogP contribution >= 0.6 is 0 Å². The molecule has 0 fully saturated rings. The Hall–Kier alpha value is -1.18. The van der Waals surface area contributed by atoms with Crippen molar-refractivity contribution in [2.75, 3.05) is 0 Å². The minimum absolute atomic E-state index is 0.519. The first kappa shape index (κ1) is 11.3. The van der Waals surface area contributed by atoms with E-state index in [0.717, 1.165) is 11.5 Å². The molecule has 88 valence electrons. The Bertz CT molecular complexity index is 378. The third-order valence-corrected chi connectivity index (χ3v) is 3.14. The number of hydrogen-bond acceptors (Lipinski definition) is 2. The Morgan fingerprint density at radius 2 is 1.69 bits per heavy atom. The van der Waals surface area contributed by atoms with Crippen LogP contribution in [0.25, 0.3) is 0 Å². The molecule has 16 heavy (non-hydrogen) atoms. The van der Waals surface area contributed by atoms with Gasteiger partial charge >= 0.3 is 0 Å². The van der Waals surface area contributed by atoms with Gasteiger partial charge in [-0.3, -0.25) is 0 Å². The van der Waals surface area contributed by atoms with Crippen molar-refractivity contribution in [2.45, 2.75) is 52.2 Å². The van der Waals surface area contributed by atoms with Gasteiger partial charge in [0.2, 0.25) is 5.79 Å². The standard InChI is InChI=1S/C14H20O2/c1-5-10(6-2)11-7-8-12-13(9-11)16-14(3,4)15-12/h7-10H,5-6H2,1-4H3. The van der Waals surface area contributed by atoms with Gasteiger partial charge in [-0.2, -0.15) is 0 Å². The molecule has 0 spiro atoms. The summed E-state index contributed by atoms with van der Waals surface area (Å²) in [6.45, 7) is 8.32. The molecule has 0 radical (unpaired) electrons.